The first kappa shape index (κ1) is 14.0. The van der Waals surface area contributed by atoms with Gasteiger partial charge in [0.25, 0.3) is 0 Å². The molecule has 0 aliphatic heterocycles. The predicted molar refractivity (Wildman–Crippen MR) is 61.6 cm³/mol. The topological polar surface area (TPSA) is 106 Å². The average molecular weight is 256 g/mol. The Bertz CT molecular complexity index is 464. The van der Waals surface area contributed by atoms with E-state index in [1.807, 2.05) is 0 Å². The van der Waals surface area contributed by atoms with Crippen molar-refractivity contribution in [3.63, 3.8) is 0 Å². The van der Waals surface area contributed by atoms with Gasteiger partial charge in [-0.2, -0.15) is 4.39 Å². The Morgan fingerprint density at radius 2 is 2.22 bits per heavy atom. The molecule has 98 valence electrons. The van der Waals surface area contributed by atoms with Crippen LogP contribution in [0, 0.1) is 21.8 Å². The molecule has 7 heteroatoms. The molecule has 1 atom stereocenters. The molecule has 0 saturated heterocycles. The quantitative estimate of drug-likeness (QED) is 0.589. The molecule has 0 bridgehead atoms. The molecule has 1 rings (SSSR count). The minimum absolute atomic E-state index is 0.0987. The molecule has 0 aliphatic carbocycles. The van der Waals surface area contributed by atoms with Crippen molar-refractivity contribution in [3.8, 4) is 0 Å². The lowest BCUT2D eigenvalue weighted by atomic mass is 9.96. The number of nitrogens with zero attached hydrogens (tertiary/aromatic N) is 1. The Kier molecular flexibility index (Phi) is 4.73. The van der Waals surface area contributed by atoms with E-state index in [-0.39, 0.29) is 19.4 Å². The van der Waals surface area contributed by atoms with Crippen LogP contribution in [0.5, 0.6) is 0 Å². The summed E-state index contributed by atoms with van der Waals surface area (Å²) in [5.74, 6) is -2.69. The summed E-state index contributed by atoms with van der Waals surface area (Å²) in [6, 6.07) is 3.38. The van der Waals surface area contributed by atoms with Crippen LogP contribution in [0.15, 0.2) is 18.2 Å². The van der Waals surface area contributed by atoms with E-state index in [0.29, 0.717) is 5.56 Å². The largest absolute Gasteiger partial charge is 0.481 e. The maximum absolute atomic E-state index is 13.3. The Labute approximate surface area is 102 Å². The third-order valence-corrected chi connectivity index (χ3v) is 2.56. The number of nitro groups is 1. The minimum Gasteiger partial charge on any atom is -0.481 e. The Balaban J connectivity index is 2.88. The molecule has 0 spiro atoms. The van der Waals surface area contributed by atoms with Gasteiger partial charge in [-0.15, -0.1) is 0 Å². The van der Waals surface area contributed by atoms with E-state index in [9.17, 15) is 19.3 Å². The smallest absolute Gasteiger partial charge is 0.306 e. The van der Waals surface area contributed by atoms with Gasteiger partial charge in [-0.25, -0.2) is 0 Å². The summed E-state index contributed by atoms with van der Waals surface area (Å²) in [6.45, 7) is 0.215. The fourth-order valence-corrected chi connectivity index (χ4v) is 1.62. The number of nitro benzene ring substituents is 1. The van der Waals surface area contributed by atoms with Crippen LogP contribution < -0.4 is 5.73 Å². The second kappa shape index (κ2) is 6.06. The molecular weight excluding hydrogens is 243 g/mol. The molecule has 6 nitrogen and oxygen atoms in total. The van der Waals surface area contributed by atoms with Crippen molar-refractivity contribution in [2.24, 2.45) is 11.7 Å². The molecule has 0 heterocycles. The molecule has 1 aromatic carbocycles. The number of hydrogen-bond acceptors (Lipinski definition) is 4. The number of benzene rings is 1. The van der Waals surface area contributed by atoms with Gasteiger partial charge >= 0.3 is 11.7 Å². The van der Waals surface area contributed by atoms with Crippen LogP contribution in [-0.2, 0) is 11.2 Å². The standard InChI is InChI=1S/C11H13FN2O4/c12-9-6-7(1-2-10(9)14(17)18)5-8(3-4-13)11(15)16/h1-2,6,8H,3-5,13H2,(H,15,16). The van der Waals surface area contributed by atoms with E-state index in [1.54, 1.807) is 0 Å². The molecule has 0 amide bonds. The first-order valence-corrected chi connectivity index (χ1v) is 5.31. The van der Waals surface area contributed by atoms with Crippen molar-refractivity contribution in [2.45, 2.75) is 12.8 Å². The van der Waals surface area contributed by atoms with Gasteiger partial charge in [-0.1, -0.05) is 6.07 Å². The number of rotatable bonds is 6. The van der Waals surface area contributed by atoms with Gasteiger partial charge in [-0.3, -0.25) is 14.9 Å². The van der Waals surface area contributed by atoms with Crippen LogP contribution in [0.1, 0.15) is 12.0 Å². The lowest BCUT2D eigenvalue weighted by Crippen LogP contribution is -2.20. The van der Waals surface area contributed by atoms with Crippen molar-refractivity contribution < 1.29 is 19.2 Å². The molecule has 0 aliphatic rings. The number of carboxylic acid groups (broad SMARTS) is 1. The third kappa shape index (κ3) is 3.49. The summed E-state index contributed by atoms with van der Waals surface area (Å²) in [6.07, 6.45) is 0.370. The van der Waals surface area contributed by atoms with E-state index in [4.69, 9.17) is 10.8 Å². The minimum atomic E-state index is -1.01. The summed E-state index contributed by atoms with van der Waals surface area (Å²) in [5, 5.41) is 19.3. The normalized spacial score (nSPS) is 12.1. The molecule has 0 aromatic heterocycles. The maximum Gasteiger partial charge on any atom is 0.306 e. The number of aliphatic carboxylic acids is 1. The van der Waals surface area contributed by atoms with Crippen molar-refractivity contribution in [2.75, 3.05) is 6.54 Å². The van der Waals surface area contributed by atoms with Gasteiger partial charge in [0, 0.05) is 6.07 Å². The van der Waals surface area contributed by atoms with E-state index in [2.05, 4.69) is 0 Å². The van der Waals surface area contributed by atoms with Gasteiger partial charge in [0.2, 0.25) is 5.82 Å². The fourth-order valence-electron chi connectivity index (χ4n) is 1.62. The number of carbonyl (C=O) groups is 1. The van der Waals surface area contributed by atoms with Crippen molar-refractivity contribution in [3.05, 3.63) is 39.7 Å². The molecule has 18 heavy (non-hydrogen) atoms. The zero-order valence-electron chi connectivity index (χ0n) is 9.51. The summed E-state index contributed by atoms with van der Waals surface area (Å²) < 4.78 is 13.3. The highest BCUT2D eigenvalue weighted by Gasteiger charge is 2.19. The van der Waals surface area contributed by atoms with E-state index in [1.165, 1.54) is 6.07 Å². The third-order valence-electron chi connectivity index (χ3n) is 2.56. The zero-order valence-corrected chi connectivity index (χ0v) is 9.51. The molecule has 1 aromatic rings. The van der Waals surface area contributed by atoms with Crippen LogP contribution in [0.2, 0.25) is 0 Å². The lowest BCUT2D eigenvalue weighted by Gasteiger charge is -2.10. The average Bonchev–Trinajstić information content (AvgIpc) is 2.27. The van der Waals surface area contributed by atoms with Gasteiger partial charge in [-0.05, 0) is 31.0 Å². The van der Waals surface area contributed by atoms with E-state index < -0.39 is 28.3 Å². The zero-order chi connectivity index (χ0) is 13.7. The van der Waals surface area contributed by atoms with Crippen molar-refractivity contribution >= 4 is 11.7 Å². The molecule has 3 N–H and O–H groups in total. The summed E-state index contributed by atoms with van der Waals surface area (Å²) in [4.78, 5) is 20.5. The summed E-state index contributed by atoms with van der Waals surface area (Å²) in [7, 11) is 0. The number of nitrogens with two attached hydrogens (primary N) is 1. The summed E-state index contributed by atoms with van der Waals surface area (Å²) >= 11 is 0. The monoisotopic (exact) mass is 256 g/mol. The highest BCUT2D eigenvalue weighted by Crippen LogP contribution is 2.20. The van der Waals surface area contributed by atoms with Crippen LogP contribution >= 0.6 is 0 Å². The maximum atomic E-state index is 13.3. The van der Waals surface area contributed by atoms with Gasteiger partial charge < -0.3 is 10.8 Å². The Hall–Kier alpha value is -2.02. The highest BCUT2D eigenvalue weighted by atomic mass is 19.1. The van der Waals surface area contributed by atoms with Gasteiger partial charge in [0.05, 0.1) is 10.8 Å². The lowest BCUT2D eigenvalue weighted by molar-refractivity contribution is -0.387. The van der Waals surface area contributed by atoms with Crippen LogP contribution in [0.3, 0.4) is 0 Å². The van der Waals surface area contributed by atoms with E-state index in [0.717, 1.165) is 12.1 Å². The van der Waals surface area contributed by atoms with Crippen LogP contribution in [-0.4, -0.2) is 22.5 Å². The highest BCUT2D eigenvalue weighted by molar-refractivity contribution is 5.70. The Morgan fingerprint density at radius 3 is 2.67 bits per heavy atom. The molecule has 1 unspecified atom stereocenters. The summed E-state index contributed by atoms with van der Waals surface area (Å²) in [5.41, 5.74) is 5.07. The number of carboxylic acids is 1. The fraction of sp³-hybridized carbons (Fsp3) is 0.364. The van der Waals surface area contributed by atoms with E-state index >= 15 is 0 Å². The molecule has 0 fully saturated rings. The number of hydrogen-bond donors (Lipinski definition) is 2. The van der Waals surface area contributed by atoms with Crippen molar-refractivity contribution in [1.82, 2.24) is 0 Å². The van der Waals surface area contributed by atoms with Gasteiger partial charge in [0.1, 0.15) is 0 Å². The SMILES string of the molecule is NCCC(Cc1ccc([N+](=O)[O-])c(F)c1)C(=O)O. The number of halogens is 1. The molecular formula is C11H13FN2O4. The van der Waals surface area contributed by atoms with Crippen LogP contribution in [0.25, 0.3) is 0 Å². The van der Waals surface area contributed by atoms with Crippen LogP contribution in [0.4, 0.5) is 10.1 Å². The predicted octanol–water partition coefficient (Wildman–Crippen LogP) is 1.33. The van der Waals surface area contributed by atoms with Gasteiger partial charge in [0.15, 0.2) is 0 Å². The first-order valence-electron chi connectivity index (χ1n) is 5.31. The Morgan fingerprint density at radius 1 is 1.56 bits per heavy atom. The molecule has 0 saturated carbocycles. The molecule has 0 radical (unpaired) electrons. The second-order valence-corrected chi connectivity index (χ2v) is 3.86. The van der Waals surface area contributed by atoms with Crippen molar-refractivity contribution in [1.29, 1.82) is 0 Å². The first-order chi connectivity index (χ1) is 8.45. The second-order valence-electron chi connectivity index (χ2n) is 3.86.